The van der Waals surface area contributed by atoms with Gasteiger partial charge in [-0.25, -0.2) is 9.78 Å². The minimum atomic E-state index is -0.652. The van der Waals surface area contributed by atoms with Gasteiger partial charge in [-0.1, -0.05) is 30.3 Å². The largest absolute Gasteiger partial charge is 0.497 e. The predicted octanol–water partition coefficient (Wildman–Crippen LogP) is 5.06. The zero-order valence-corrected chi connectivity index (χ0v) is 21.4. The van der Waals surface area contributed by atoms with Gasteiger partial charge in [0.15, 0.2) is 11.8 Å². The van der Waals surface area contributed by atoms with Gasteiger partial charge in [-0.3, -0.25) is 0 Å². The van der Waals surface area contributed by atoms with Crippen LogP contribution in [0.25, 0.3) is 5.65 Å². The van der Waals surface area contributed by atoms with Crippen LogP contribution in [-0.4, -0.2) is 48.9 Å². The first-order valence-electron chi connectivity index (χ1n) is 12.3. The van der Waals surface area contributed by atoms with E-state index in [0.717, 1.165) is 33.8 Å². The maximum absolute atomic E-state index is 13.3. The second kappa shape index (κ2) is 10.6. The van der Waals surface area contributed by atoms with Gasteiger partial charge < -0.3 is 28.7 Å². The van der Waals surface area contributed by atoms with Crippen LogP contribution in [0.3, 0.4) is 0 Å². The zero-order chi connectivity index (χ0) is 25.9. The number of aryl methyl sites for hydroxylation is 2. The predicted molar refractivity (Wildman–Crippen MR) is 140 cm³/mol. The minimum Gasteiger partial charge on any atom is -0.497 e. The van der Waals surface area contributed by atoms with Crippen molar-refractivity contribution in [2.45, 2.75) is 32.1 Å². The number of imidazole rings is 1. The number of carbonyl (C=O) groups excluding carboxylic acids is 1. The van der Waals surface area contributed by atoms with Crippen molar-refractivity contribution in [2.75, 3.05) is 32.8 Å². The zero-order valence-electron chi connectivity index (χ0n) is 21.4. The molecule has 37 heavy (non-hydrogen) atoms. The molecule has 0 amide bonds. The number of anilines is 1. The summed E-state index contributed by atoms with van der Waals surface area (Å²) in [5, 5.41) is 3.65. The molecule has 8 heteroatoms. The maximum Gasteiger partial charge on any atom is 0.338 e. The molecule has 2 aromatic heterocycles. The van der Waals surface area contributed by atoms with Gasteiger partial charge in [0.2, 0.25) is 0 Å². The number of rotatable bonds is 8. The van der Waals surface area contributed by atoms with Crippen molar-refractivity contribution in [1.29, 1.82) is 0 Å². The summed E-state index contributed by atoms with van der Waals surface area (Å²) in [5.74, 6) is 0.231. The second-order valence-corrected chi connectivity index (χ2v) is 9.04. The van der Waals surface area contributed by atoms with Crippen molar-refractivity contribution in [2.24, 2.45) is 0 Å². The van der Waals surface area contributed by atoms with Crippen LogP contribution in [0.1, 0.15) is 45.0 Å². The maximum atomic E-state index is 13.3. The molecule has 8 nitrogen and oxygen atoms in total. The molecule has 3 heterocycles. The quantitative estimate of drug-likeness (QED) is 0.267. The van der Waals surface area contributed by atoms with Crippen molar-refractivity contribution in [3.05, 3.63) is 94.9 Å². The molecule has 0 bridgehead atoms. The van der Waals surface area contributed by atoms with Crippen LogP contribution in [0.15, 0.2) is 66.9 Å². The average Bonchev–Trinajstić information content (AvgIpc) is 3.23. The summed E-state index contributed by atoms with van der Waals surface area (Å²) in [6.07, 6.45) is 0.797. The highest BCUT2D eigenvalue weighted by molar-refractivity contribution is 5.90. The summed E-state index contributed by atoms with van der Waals surface area (Å²) in [4.78, 5) is 18.2. The molecule has 0 unspecified atom stereocenters. The first-order valence-corrected chi connectivity index (χ1v) is 12.3. The Morgan fingerprint density at radius 3 is 2.46 bits per heavy atom. The van der Waals surface area contributed by atoms with E-state index in [-0.39, 0.29) is 6.04 Å². The van der Waals surface area contributed by atoms with E-state index in [9.17, 15) is 4.79 Å². The lowest BCUT2D eigenvalue weighted by molar-refractivity contribution is -0.0742. The molecule has 0 saturated heterocycles. The number of fused-ring (bicyclic) bond motifs is 3. The fraction of sp³-hybridized carbons (Fsp3) is 0.310. The second-order valence-electron chi connectivity index (χ2n) is 9.04. The number of pyridine rings is 1. The van der Waals surface area contributed by atoms with E-state index in [2.05, 4.69) is 9.72 Å². The Balaban J connectivity index is 1.60. The molecule has 0 aliphatic carbocycles. The summed E-state index contributed by atoms with van der Waals surface area (Å²) in [6.45, 7) is 4.80. The number of nitrogens with one attached hydrogen (secondary N) is 1. The fourth-order valence-corrected chi connectivity index (χ4v) is 4.75. The molecular weight excluding hydrogens is 470 g/mol. The fourth-order valence-electron chi connectivity index (χ4n) is 4.75. The smallest absolute Gasteiger partial charge is 0.338 e. The van der Waals surface area contributed by atoms with E-state index in [1.807, 2.05) is 56.4 Å². The SMILES string of the molecule is COCCO[C@H]1c2ccn3c(C)c(C)nc3c2N[C@H](c2ccccc2)[C@H]1OC(=O)c1ccc(OC)cc1. The molecule has 4 aromatic rings. The van der Waals surface area contributed by atoms with E-state index in [4.69, 9.17) is 23.9 Å². The van der Waals surface area contributed by atoms with E-state index >= 15 is 0 Å². The number of carbonyl (C=O) groups is 1. The summed E-state index contributed by atoms with van der Waals surface area (Å²) in [5.41, 5.74) is 6.00. The van der Waals surface area contributed by atoms with Gasteiger partial charge in [0.25, 0.3) is 0 Å². The van der Waals surface area contributed by atoms with Crippen molar-refractivity contribution in [1.82, 2.24) is 9.38 Å². The summed E-state index contributed by atoms with van der Waals surface area (Å²) in [6, 6.07) is 18.5. The molecule has 0 saturated carbocycles. The molecule has 1 aliphatic heterocycles. The van der Waals surface area contributed by atoms with Crippen LogP contribution >= 0.6 is 0 Å². The van der Waals surface area contributed by atoms with E-state index in [1.165, 1.54) is 0 Å². The van der Waals surface area contributed by atoms with Gasteiger partial charge >= 0.3 is 5.97 Å². The third-order valence-corrected chi connectivity index (χ3v) is 6.85. The Labute approximate surface area is 216 Å². The Morgan fingerprint density at radius 1 is 1.00 bits per heavy atom. The standard InChI is InChI=1S/C29H31N3O5/c1-18-19(2)32-15-14-23-25(28(32)30-18)31-24(20-8-6-5-7-9-20)27(26(23)36-17-16-34-3)37-29(33)21-10-12-22(35-4)13-11-21/h5-15,24,26-27,31H,16-17H2,1-4H3/t24-,26+,27-/m1/s1. The summed E-state index contributed by atoms with van der Waals surface area (Å²) in [7, 11) is 3.22. The van der Waals surface area contributed by atoms with Gasteiger partial charge in [-0.15, -0.1) is 0 Å². The average molecular weight is 502 g/mol. The molecule has 3 atom stereocenters. The van der Waals surface area contributed by atoms with Crippen molar-refractivity contribution < 1.29 is 23.7 Å². The van der Waals surface area contributed by atoms with Gasteiger partial charge in [0.05, 0.1) is 43.3 Å². The van der Waals surface area contributed by atoms with Gasteiger partial charge in [-0.05, 0) is 49.7 Å². The highest BCUT2D eigenvalue weighted by Crippen LogP contribution is 2.44. The van der Waals surface area contributed by atoms with E-state index in [1.54, 1.807) is 38.5 Å². The number of nitrogens with zero attached hydrogens (tertiary/aromatic N) is 2. The molecule has 5 rings (SSSR count). The van der Waals surface area contributed by atoms with Crippen LogP contribution in [-0.2, 0) is 14.2 Å². The van der Waals surface area contributed by atoms with Crippen LogP contribution in [0.5, 0.6) is 5.75 Å². The van der Waals surface area contributed by atoms with Crippen molar-refractivity contribution >= 4 is 17.3 Å². The van der Waals surface area contributed by atoms with E-state index in [0.29, 0.717) is 24.5 Å². The molecule has 2 aromatic carbocycles. The van der Waals surface area contributed by atoms with Crippen molar-refractivity contribution in [3.63, 3.8) is 0 Å². The van der Waals surface area contributed by atoms with Gasteiger partial charge in [0, 0.05) is 24.6 Å². The highest BCUT2D eigenvalue weighted by atomic mass is 16.6. The molecule has 0 spiro atoms. The summed E-state index contributed by atoms with van der Waals surface area (Å²) >= 11 is 0. The van der Waals surface area contributed by atoms with Crippen LogP contribution in [0.4, 0.5) is 5.69 Å². The van der Waals surface area contributed by atoms with Crippen LogP contribution in [0.2, 0.25) is 0 Å². The Bertz CT molecular complexity index is 1380. The molecular formula is C29H31N3O5. The lowest BCUT2D eigenvalue weighted by atomic mass is 9.88. The van der Waals surface area contributed by atoms with Gasteiger partial charge in [-0.2, -0.15) is 0 Å². The molecule has 1 aliphatic rings. The Kier molecular flexibility index (Phi) is 7.12. The lowest BCUT2D eigenvalue weighted by Gasteiger charge is -2.40. The molecule has 0 radical (unpaired) electrons. The van der Waals surface area contributed by atoms with Gasteiger partial charge in [0.1, 0.15) is 11.9 Å². The number of benzene rings is 2. The molecule has 0 fully saturated rings. The number of esters is 1. The normalized spacial score (nSPS) is 18.8. The number of hydrogen-bond donors (Lipinski definition) is 1. The van der Waals surface area contributed by atoms with E-state index < -0.39 is 18.2 Å². The van der Waals surface area contributed by atoms with Crippen molar-refractivity contribution in [3.8, 4) is 5.75 Å². The number of aromatic nitrogens is 2. The summed E-state index contributed by atoms with van der Waals surface area (Å²) < 4.78 is 25.1. The number of hydrogen-bond acceptors (Lipinski definition) is 7. The molecule has 192 valence electrons. The third kappa shape index (κ3) is 4.77. The monoisotopic (exact) mass is 501 g/mol. The Hall–Kier alpha value is -3.88. The Morgan fingerprint density at radius 2 is 1.76 bits per heavy atom. The topological polar surface area (TPSA) is 83.3 Å². The first kappa shape index (κ1) is 24.8. The number of ether oxygens (including phenoxy) is 4. The third-order valence-electron chi connectivity index (χ3n) is 6.85. The lowest BCUT2D eigenvalue weighted by Crippen LogP contribution is -2.41. The first-order chi connectivity index (χ1) is 18.0. The molecule has 1 N–H and O–H groups in total. The minimum absolute atomic E-state index is 0.344. The highest BCUT2D eigenvalue weighted by Gasteiger charge is 2.42. The number of methoxy groups -OCH3 is 2. The van der Waals surface area contributed by atoms with Crippen LogP contribution in [0, 0.1) is 13.8 Å². The van der Waals surface area contributed by atoms with Crippen LogP contribution < -0.4 is 10.1 Å².